The minimum Gasteiger partial charge on any atom is -0.225 e. The number of primary sulfonamides is 1. The van der Waals surface area contributed by atoms with Gasteiger partial charge in [-0.05, 0) is 30.4 Å². The first-order valence-electron chi connectivity index (χ1n) is 5.71. The summed E-state index contributed by atoms with van der Waals surface area (Å²) in [6.45, 7) is 0. The van der Waals surface area contributed by atoms with Gasteiger partial charge in [0, 0.05) is 0 Å². The third kappa shape index (κ3) is 2.44. The van der Waals surface area contributed by atoms with Crippen molar-refractivity contribution >= 4 is 10.0 Å². The van der Waals surface area contributed by atoms with E-state index in [-0.39, 0.29) is 0 Å². The number of benzene rings is 1. The van der Waals surface area contributed by atoms with E-state index in [2.05, 4.69) is 0 Å². The molecule has 0 radical (unpaired) electrons. The van der Waals surface area contributed by atoms with Crippen molar-refractivity contribution in [2.45, 2.75) is 42.9 Å². The Bertz CT molecular complexity index is 462. The Hall–Kier alpha value is -0.870. The van der Waals surface area contributed by atoms with Crippen molar-refractivity contribution in [3.8, 4) is 0 Å². The van der Waals surface area contributed by atoms with E-state index in [1.165, 1.54) is 19.3 Å². The van der Waals surface area contributed by atoms with Crippen LogP contribution in [-0.4, -0.2) is 8.42 Å². The average molecular weight is 239 g/mol. The van der Waals surface area contributed by atoms with Gasteiger partial charge >= 0.3 is 0 Å². The van der Waals surface area contributed by atoms with Gasteiger partial charge in [0.2, 0.25) is 10.0 Å². The molecular formula is C12H17NO2S. The molecule has 1 aromatic carbocycles. The van der Waals surface area contributed by atoms with Crippen LogP contribution in [0.25, 0.3) is 0 Å². The van der Waals surface area contributed by atoms with Gasteiger partial charge in [0.05, 0.1) is 4.90 Å². The summed E-state index contributed by atoms with van der Waals surface area (Å²) in [5.41, 5.74) is 0.907. The van der Waals surface area contributed by atoms with Crippen molar-refractivity contribution < 1.29 is 8.42 Å². The predicted molar refractivity (Wildman–Crippen MR) is 63.6 cm³/mol. The molecule has 2 rings (SSSR count). The molecule has 1 aliphatic carbocycles. The maximum Gasteiger partial charge on any atom is 0.238 e. The summed E-state index contributed by atoms with van der Waals surface area (Å²) >= 11 is 0. The molecule has 1 aliphatic rings. The summed E-state index contributed by atoms with van der Waals surface area (Å²) in [6, 6.07) is 7.12. The molecule has 88 valence electrons. The average Bonchev–Trinajstić information content (AvgIpc) is 2.29. The van der Waals surface area contributed by atoms with Crippen LogP contribution >= 0.6 is 0 Å². The highest BCUT2D eigenvalue weighted by atomic mass is 32.2. The van der Waals surface area contributed by atoms with Gasteiger partial charge in [0.25, 0.3) is 0 Å². The number of sulfonamides is 1. The molecule has 0 heterocycles. The van der Waals surface area contributed by atoms with Crippen LogP contribution in [0.1, 0.15) is 43.6 Å². The Labute approximate surface area is 96.7 Å². The van der Waals surface area contributed by atoms with Crippen molar-refractivity contribution in [1.29, 1.82) is 0 Å². The maximum atomic E-state index is 11.5. The van der Waals surface area contributed by atoms with Gasteiger partial charge in [0.15, 0.2) is 0 Å². The van der Waals surface area contributed by atoms with E-state index in [0.29, 0.717) is 10.8 Å². The summed E-state index contributed by atoms with van der Waals surface area (Å²) in [4.78, 5) is 0.307. The summed E-state index contributed by atoms with van der Waals surface area (Å²) in [7, 11) is -3.58. The molecule has 1 fully saturated rings. The molecule has 0 spiro atoms. The van der Waals surface area contributed by atoms with E-state index in [9.17, 15) is 8.42 Å². The first kappa shape index (κ1) is 11.6. The van der Waals surface area contributed by atoms with E-state index in [1.54, 1.807) is 12.1 Å². The fourth-order valence-electron chi connectivity index (χ4n) is 2.49. The van der Waals surface area contributed by atoms with Crippen LogP contribution in [0, 0.1) is 0 Å². The monoisotopic (exact) mass is 239 g/mol. The van der Waals surface area contributed by atoms with Crippen molar-refractivity contribution in [3.63, 3.8) is 0 Å². The third-order valence-electron chi connectivity index (χ3n) is 3.27. The van der Waals surface area contributed by atoms with E-state index in [4.69, 9.17) is 5.14 Å². The van der Waals surface area contributed by atoms with Crippen molar-refractivity contribution in [1.82, 2.24) is 0 Å². The lowest BCUT2D eigenvalue weighted by Gasteiger charge is -2.23. The van der Waals surface area contributed by atoms with E-state index in [0.717, 1.165) is 18.4 Å². The van der Waals surface area contributed by atoms with Crippen LogP contribution in [0.2, 0.25) is 0 Å². The Balaban J connectivity index is 2.40. The largest absolute Gasteiger partial charge is 0.238 e. The molecule has 0 bridgehead atoms. The first-order valence-corrected chi connectivity index (χ1v) is 7.25. The molecule has 0 aromatic heterocycles. The number of rotatable bonds is 2. The molecule has 0 unspecified atom stereocenters. The topological polar surface area (TPSA) is 60.2 Å². The van der Waals surface area contributed by atoms with Crippen molar-refractivity contribution in [2.24, 2.45) is 5.14 Å². The van der Waals surface area contributed by atoms with Gasteiger partial charge in [-0.2, -0.15) is 0 Å². The molecule has 0 saturated heterocycles. The molecule has 4 heteroatoms. The minimum absolute atomic E-state index is 0.307. The fourth-order valence-corrected chi connectivity index (χ4v) is 3.32. The van der Waals surface area contributed by atoms with Gasteiger partial charge in [0.1, 0.15) is 0 Å². The van der Waals surface area contributed by atoms with Crippen LogP contribution in [0.4, 0.5) is 0 Å². The van der Waals surface area contributed by atoms with E-state index < -0.39 is 10.0 Å². The van der Waals surface area contributed by atoms with Gasteiger partial charge in [-0.15, -0.1) is 0 Å². The number of hydrogen-bond acceptors (Lipinski definition) is 2. The standard InChI is InChI=1S/C12H17NO2S/c13-16(14,15)12-9-5-4-8-11(12)10-6-2-1-3-7-10/h4-5,8-10H,1-3,6-7H2,(H2,13,14,15). The molecule has 0 amide bonds. The lowest BCUT2D eigenvalue weighted by molar-refractivity contribution is 0.438. The van der Waals surface area contributed by atoms with Crippen LogP contribution in [0.5, 0.6) is 0 Å². The molecule has 1 aromatic rings. The molecule has 16 heavy (non-hydrogen) atoms. The highest BCUT2D eigenvalue weighted by molar-refractivity contribution is 7.89. The summed E-state index contributed by atoms with van der Waals surface area (Å²) in [6.07, 6.45) is 5.78. The fraction of sp³-hybridized carbons (Fsp3) is 0.500. The summed E-state index contributed by atoms with van der Waals surface area (Å²) in [5.74, 6) is 0.364. The third-order valence-corrected chi connectivity index (χ3v) is 4.26. The zero-order valence-corrected chi connectivity index (χ0v) is 10.0. The molecular weight excluding hydrogens is 222 g/mol. The lowest BCUT2D eigenvalue weighted by Crippen LogP contribution is -2.17. The molecule has 3 nitrogen and oxygen atoms in total. The van der Waals surface area contributed by atoms with Crippen LogP contribution < -0.4 is 5.14 Å². The van der Waals surface area contributed by atoms with Crippen LogP contribution in [0.3, 0.4) is 0 Å². The molecule has 0 atom stereocenters. The normalized spacial score (nSPS) is 18.6. The molecule has 1 saturated carbocycles. The predicted octanol–water partition coefficient (Wildman–Crippen LogP) is 2.38. The zero-order valence-electron chi connectivity index (χ0n) is 9.22. The van der Waals surface area contributed by atoms with E-state index in [1.807, 2.05) is 12.1 Å². The second-order valence-corrected chi connectivity index (χ2v) is 5.95. The van der Waals surface area contributed by atoms with E-state index >= 15 is 0 Å². The second-order valence-electron chi connectivity index (χ2n) is 4.42. The van der Waals surface area contributed by atoms with Crippen LogP contribution in [-0.2, 0) is 10.0 Å². The van der Waals surface area contributed by atoms with Gasteiger partial charge in [-0.1, -0.05) is 37.5 Å². The summed E-state index contributed by atoms with van der Waals surface area (Å²) < 4.78 is 22.9. The molecule has 0 aliphatic heterocycles. The Morgan fingerprint density at radius 2 is 1.69 bits per heavy atom. The zero-order chi connectivity index (χ0) is 11.6. The minimum atomic E-state index is -3.58. The molecule has 2 N–H and O–H groups in total. The Kier molecular flexibility index (Phi) is 3.30. The van der Waals surface area contributed by atoms with Crippen LogP contribution in [0.15, 0.2) is 29.2 Å². The van der Waals surface area contributed by atoms with Crippen molar-refractivity contribution in [3.05, 3.63) is 29.8 Å². The Morgan fingerprint density at radius 3 is 2.31 bits per heavy atom. The quantitative estimate of drug-likeness (QED) is 0.861. The van der Waals surface area contributed by atoms with Gasteiger partial charge < -0.3 is 0 Å². The van der Waals surface area contributed by atoms with Gasteiger partial charge in [-0.25, -0.2) is 13.6 Å². The van der Waals surface area contributed by atoms with Gasteiger partial charge in [-0.3, -0.25) is 0 Å². The second kappa shape index (κ2) is 4.55. The Morgan fingerprint density at radius 1 is 1.06 bits per heavy atom. The summed E-state index contributed by atoms with van der Waals surface area (Å²) in [5, 5.41) is 5.24. The highest BCUT2D eigenvalue weighted by Gasteiger charge is 2.22. The maximum absolute atomic E-state index is 11.5. The van der Waals surface area contributed by atoms with Crippen molar-refractivity contribution in [2.75, 3.05) is 0 Å². The smallest absolute Gasteiger partial charge is 0.225 e. The number of nitrogens with two attached hydrogens (primary N) is 1. The number of hydrogen-bond donors (Lipinski definition) is 1. The first-order chi connectivity index (χ1) is 7.59. The SMILES string of the molecule is NS(=O)(=O)c1ccccc1C1CCCCC1. The highest BCUT2D eigenvalue weighted by Crippen LogP contribution is 2.35. The lowest BCUT2D eigenvalue weighted by atomic mass is 9.84.